The van der Waals surface area contributed by atoms with Crippen molar-refractivity contribution in [3.8, 4) is 0 Å². The molecule has 1 atom stereocenters. The van der Waals surface area contributed by atoms with Gasteiger partial charge in [0, 0.05) is 22.6 Å². The Morgan fingerprint density at radius 3 is 2.22 bits per heavy atom. The van der Waals surface area contributed by atoms with Crippen LogP contribution in [0.3, 0.4) is 0 Å². The van der Waals surface area contributed by atoms with E-state index in [0.29, 0.717) is 6.42 Å². The van der Waals surface area contributed by atoms with Gasteiger partial charge in [-0.3, -0.25) is 13.9 Å². The first-order valence-corrected chi connectivity index (χ1v) is 16.0. The zero-order valence-electron chi connectivity index (χ0n) is 23.2. The lowest BCUT2D eigenvalue weighted by molar-refractivity contribution is -0.140. The van der Waals surface area contributed by atoms with E-state index in [-0.39, 0.29) is 39.1 Å². The lowest BCUT2D eigenvalue weighted by Crippen LogP contribution is -2.53. The highest BCUT2D eigenvalue weighted by Crippen LogP contribution is 2.30. The zero-order valence-corrected chi connectivity index (χ0v) is 25.6. The molecule has 0 radical (unpaired) electrons. The Morgan fingerprint density at radius 1 is 0.951 bits per heavy atom. The molecule has 1 aliphatic rings. The van der Waals surface area contributed by atoms with Crippen molar-refractivity contribution in [3.63, 3.8) is 0 Å². The fourth-order valence-corrected chi connectivity index (χ4v) is 7.16. The highest BCUT2D eigenvalue weighted by Gasteiger charge is 2.34. The van der Waals surface area contributed by atoms with E-state index in [9.17, 15) is 18.0 Å². The van der Waals surface area contributed by atoms with Gasteiger partial charge in [-0.2, -0.15) is 0 Å². The third-order valence-corrected chi connectivity index (χ3v) is 9.49. The van der Waals surface area contributed by atoms with E-state index >= 15 is 0 Å². The molecule has 3 aromatic rings. The average molecular weight is 617 g/mol. The van der Waals surface area contributed by atoms with Crippen molar-refractivity contribution in [2.24, 2.45) is 0 Å². The molecule has 41 heavy (non-hydrogen) atoms. The first-order valence-electron chi connectivity index (χ1n) is 13.8. The van der Waals surface area contributed by atoms with Gasteiger partial charge in [0.15, 0.2) is 0 Å². The lowest BCUT2D eigenvalue weighted by Gasteiger charge is -2.34. The molecule has 1 saturated carbocycles. The number of sulfonamides is 1. The summed E-state index contributed by atoms with van der Waals surface area (Å²) in [6.07, 6.45) is 4.30. The number of carbonyl (C=O) groups is 2. The van der Waals surface area contributed by atoms with Crippen LogP contribution in [0.2, 0.25) is 10.0 Å². The number of amides is 2. The van der Waals surface area contributed by atoms with Gasteiger partial charge in [-0.25, -0.2) is 8.42 Å². The normalized spacial score (nSPS) is 14.4. The molecule has 0 aromatic heterocycles. The van der Waals surface area contributed by atoms with Gasteiger partial charge in [0.1, 0.15) is 12.6 Å². The van der Waals surface area contributed by atoms with Crippen molar-refractivity contribution < 1.29 is 18.0 Å². The molecular weight excluding hydrogens is 581 g/mol. The number of aryl methyl sites for hydroxylation is 1. The van der Waals surface area contributed by atoms with Crippen molar-refractivity contribution >= 4 is 50.7 Å². The van der Waals surface area contributed by atoms with Gasteiger partial charge in [0.25, 0.3) is 10.0 Å². The number of carbonyl (C=O) groups excluding carboxylic acids is 2. The summed E-state index contributed by atoms with van der Waals surface area (Å²) in [6.45, 7) is 3.40. The second-order valence-electron chi connectivity index (χ2n) is 10.4. The number of rotatable bonds is 11. The number of anilines is 1. The van der Waals surface area contributed by atoms with Gasteiger partial charge in [0.05, 0.1) is 10.6 Å². The van der Waals surface area contributed by atoms with Crippen LogP contribution in [0.25, 0.3) is 0 Å². The summed E-state index contributed by atoms with van der Waals surface area (Å²) in [4.78, 5) is 29.2. The third-order valence-electron chi connectivity index (χ3n) is 7.27. The number of nitrogens with zero attached hydrogens (tertiary/aromatic N) is 2. The summed E-state index contributed by atoms with van der Waals surface area (Å²) in [5.74, 6) is -0.751. The molecule has 0 heterocycles. The molecule has 0 spiro atoms. The van der Waals surface area contributed by atoms with Gasteiger partial charge in [-0.05, 0) is 62.1 Å². The second-order valence-corrected chi connectivity index (χ2v) is 13.1. The minimum absolute atomic E-state index is 0.0140. The van der Waals surface area contributed by atoms with Crippen LogP contribution in [0.4, 0.5) is 5.69 Å². The van der Waals surface area contributed by atoms with E-state index in [4.69, 9.17) is 23.2 Å². The predicted octanol–water partition coefficient (Wildman–Crippen LogP) is 6.36. The maximum atomic E-state index is 14.2. The summed E-state index contributed by atoms with van der Waals surface area (Å²) in [6, 6.07) is 19.3. The first kappa shape index (κ1) is 30.9. The van der Waals surface area contributed by atoms with Crippen LogP contribution in [0.1, 0.15) is 50.2 Å². The number of hydrogen-bond acceptors (Lipinski definition) is 4. The summed E-state index contributed by atoms with van der Waals surface area (Å²) in [5, 5.41) is 3.58. The summed E-state index contributed by atoms with van der Waals surface area (Å²) < 4.78 is 28.8. The van der Waals surface area contributed by atoms with Gasteiger partial charge >= 0.3 is 0 Å². The van der Waals surface area contributed by atoms with Crippen LogP contribution in [0.15, 0.2) is 77.7 Å². The van der Waals surface area contributed by atoms with E-state index in [2.05, 4.69) is 5.32 Å². The molecule has 0 aliphatic heterocycles. The van der Waals surface area contributed by atoms with Gasteiger partial charge in [0.2, 0.25) is 11.8 Å². The standard InChI is InChI=1S/C31H35Cl2N3O4S/c1-3-29(31(38)34-26-12-7-8-13-26)35(20-23-11-9-10-22(2)16-23)30(37)21-36(27-18-24(32)17-25(33)19-27)41(39,40)28-14-5-4-6-15-28/h4-6,9-11,14-19,26,29H,3,7-8,12-13,20-21H2,1-2H3,(H,34,38)/t29-/m0/s1. The Hall–Kier alpha value is -3.07. The largest absolute Gasteiger partial charge is 0.352 e. The molecule has 1 aliphatic carbocycles. The Balaban J connectivity index is 1.73. The molecule has 0 unspecified atom stereocenters. The number of hydrogen-bond donors (Lipinski definition) is 1. The Kier molecular flexibility index (Phi) is 10.3. The topological polar surface area (TPSA) is 86.8 Å². The number of halogens is 2. The van der Waals surface area contributed by atoms with Crippen LogP contribution >= 0.6 is 23.2 Å². The van der Waals surface area contributed by atoms with Gasteiger partial charge < -0.3 is 10.2 Å². The molecule has 3 aromatic carbocycles. The van der Waals surface area contributed by atoms with Crippen molar-refractivity contribution in [1.82, 2.24) is 10.2 Å². The van der Waals surface area contributed by atoms with Crippen molar-refractivity contribution in [2.75, 3.05) is 10.8 Å². The minimum atomic E-state index is -4.20. The quantitative estimate of drug-likeness (QED) is 0.272. The van der Waals surface area contributed by atoms with E-state index in [1.54, 1.807) is 18.2 Å². The summed E-state index contributed by atoms with van der Waals surface area (Å²) in [5.41, 5.74) is 2.01. The van der Waals surface area contributed by atoms with Crippen molar-refractivity contribution in [3.05, 3.63) is 94.0 Å². The Labute approximate surface area is 252 Å². The molecule has 2 amide bonds. The summed E-state index contributed by atoms with van der Waals surface area (Å²) >= 11 is 12.5. The Bertz CT molecular complexity index is 1460. The monoisotopic (exact) mass is 615 g/mol. The van der Waals surface area contributed by atoms with E-state index < -0.39 is 28.5 Å². The molecule has 7 nitrogen and oxygen atoms in total. The van der Waals surface area contributed by atoms with E-state index in [0.717, 1.165) is 41.1 Å². The van der Waals surface area contributed by atoms with Gasteiger partial charge in [-0.15, -0.1) is 0 Å². The molecule has 0 saturated heterocycles. The SMILES string of the molecule is CC[C@@H](C(=O)NC1CCCC1)N(Cc1cccc(C)c1)C(=O)CN(c1cc(Cl)cc(Cl)c1)S(=O)(=O)c1ccccc1. The fraction of sp³-hybridized carbons (Fsp3) is 0.355. The van der Waals surface area contributed by atoms with Crippen LogP contribution in [0.5, 0.6) is 0 Å². The fourth-order valence-electron chi connectivity index (χ4n) is 5.23. The van der Waals surface area contributed by atoms with Crippen LogP contribution in [-0.4, -0.2) is 43.8 Å². The zero-order chi connectivity index (χ0) is 29.6. The predicted molar refractivity (Wildman–Crippen MR) is 164 cm³/mol. The van der Waals surface area contributed by atoms with Gasteiger partial charge in [-0.1, -0.05) is 91.0 Å². The average Bonchev–Trinajstić information content (AvgIpc) is 3.44. The van der Waals surface area contributed by atoms with Crippen LogP contribution in [-0.2, 0) is 26.2 Å². The molecule has 218 valence electrons. The highest BCUT2D eigenvalue weighted by atomic mass is 35.5. The molecular formula is C31H35Cl2N3O4S. The maximum Gasteiger partial charge on any atom is 0.264 e. The lowest BCUT2D eigenvalue weighted by atomic mass is 10.1. The molecule has 10 heteroatoms. The second kappa shape index (κ2) is 13.7. The molecule has 1 fully saturated rings. The first-order chi connectivity index (χ1) is 19.6. The minimum Gasteiger partial charge on any atom is -0.352 e. The molecule has 0 bridgehead atoms. The van der Waals surface area contributed by atoms with E-state index in [1.165, 1.54) is 35.2 Å². The highest BCUT2D eigenvalue weighted by molar-refractivity contribution is 7.92. The third kappa shape index (κ3) is 7.82. The number of nitrogens with one attached hydrogen (secondary N) is 1. The smallest absolute Gasteiger partial charge is 0.264 e. The number of benzene rings is 3. The van der Waals surface area contributed by atoms with Crippen LogP contribution < -0.4 is 9.62 Å². The molecule has 4 rings (SSSR count). The Morgan fingerprint density at radius 2 is 1.61 bits per heavy atom. The van der Waals surface area contributed by atoms with Crippen LogP contribution in [0, 0.1) is 6.92 Å². The summed E-state index contributed by atoms with van der Waals surface area (Å²) in [7, 11) is -4.20. The maximum absolute atomic E-state index is 14.2. The molecule has 1 N–H and O–H groups in total. The van der Waals surface area contributed by atoms with E-state index in [1.807, 2.05) is 38.1 Å². The van der Waals surface area contributed by atoms with Crippen molar-refractivity contribution in [2.45, 2.75) is 69.5 Å². The van der Waals surface area contributed by atoms with Crippen molar-refractivity contribution in [1.29, 1.82) is 0 Å².